The molecule has 30 heavy (non-hydrogen) atoms. The van der Waals surface area contributed by atoms with Crippen LogP contribution in [0.1, 0.15) is 58.6 Å². The van der Waals surface area contributed by atoms with E-state index in [2.05, 4.69) is 97.1 Å². The van der Waals surface area contributed by atoms with Crippen LogP contribution in [0.5, 0.6) is 0 Å². The van der Waals surface area contributed by atoms with E-state index < -0.39 is 11.4 Å². The number of likely N-dealkylation sites (N-methyl/N-ethyl adjacent to an activating group) is 3. The van der Waals surface area contributed by atoms with Crippen LogP contribution >= 0.6 is 22.6 Å². The van der Waals surface area contributed by atoms with Gasteiger partial charge in [-0.25, -0.2) is 0 Å². The van der Waals surface area contributed by atoms with Gasteiger partial charge in [0, 0.05) is 34.4 Å². The van der Waals surface area contributed by atoms with Gasteiger partial charge in [-0.3, -0.25) is 20.7 Å². The summed E-state index contributed by atoms with van der Waals surface area (Å²) in [6.07, 6.45) is 1.30. The second-order valence-corrected chi connectivity index (χ2v) is 10.9. The van der Waals surface area contributed by atoms with Crippen LogP contribution in [0.4, 0.5) is 5.69 Å². The normalized spacial score (nSPS) is 20.2. The summed E-state index contributed by atoms with van der Waals surface area (Å²) in [6, 6.07) is 4.37. The Hall–Kier alpha value is -0.900. The number of rotatable bonds is 6. The fourth-order valence-electron chi connectivity index (χ4n) is 5.83. The molecule has 1 heterocycles. The molecule has 0 aromatic heterocycles. The minimum atomic E-state index is -0.802. The highest BCUT2D eigenvalue weighted by Gasteiger charge is 2.63. The van der Waals surface area contributed by atoms with Crippen molar-refractivity contribution in [2.24, 2.45) is 0 Å². The van der Waals surface area contributed by atoms with E-state index in [1.165, 1.54) is 27.3 Å². The minimum Gasteiger partial charge on any atom is -0.454 e. The lowest BCUT2D eigenvalue weighted by atomic mass is 9.67. The predicted molar refractivity (Wildman–Crippen MR) is 133 cm³/mol. The molecular weight excluding hydrogens is 491 g/mol. The third kappa shape index (κ3) is 4.10. The SMILES string of the molecule is CNC(NC)(NC)C1(OC(C)=O)CC(C)(C)N(c2c(I)ccc(C)c2C)C(C)(C)C1. The second kappa shape index (κ2) is 8.56. The van der Waals surface area contributed by atoms with Gasteiger partial charge in [0.2, 0.25) is 0 Å². The monoisotopic (exact) mass is 530 g/mol. The van der Waals surface area contributed by atoms with Gasteiger partial charge in [0.15, 0.2) is 11.4 Å². The molecule has 1 aromatic rings. The molecule has 1 saturated heterocycles. The van der Waals surface area contributed by atoms with E-state index in [1.807, 2.05) is 21.1 Å². The molecule has 1 aliphatic rings. The van der Waals surface area contributed by atoms with Gasteiger partial charge >= 0.3 is 5.97 Å². The summed E-state index contributed by atoms with van der Waals surface area (Å²) >= 11 is 2.44. The summed E-state index contributed by atoms with van der Waals surface area (Å²) in [7, 11) is 5.66. The fourth-order valence-corrected chi connectivity index (χ4v) is 6.66. The van der Waals surface area contributed by atoms with E-state index in [1.54, 1.807) is 0 Å². The van der Waals surface area contributed by atoms with Gasteiger partial charge in [0.1, 0.15) is 0 Å². The Morgan fingerprint density at radius 3 is 1.90 bits per heavy atom. The number of esters is 1. The zero-order valence-corrected chi connectivity index (χ0v) is 22.4. The van der Waals surface area contributed by atoms with E-state index >= 15 is 0 Å². The van der Waals surface area contributed by atoms with Crippen LogP contribution in [0.25, 0.3) is 0 Å². The summed E-state index contributed by atoms with van der Waals surface area (Å²) in [4.78, 5) is 14.9. The summed E-state index contributed by atoms with van der Waals surface area (Å²) in [6.45, 7) is 14.8. The summed E-state index contributed by atoms with van der Waals surface area (Å²) in [5, 5.41) is 10.1. The van der Waals surface area contributed by atoms with Crippen molar-refractivity contribution < 1.29 is 9.53 Å². The van der Waals surface area contributed by atoms with Crippen molar-refractivity contribution in [2.45, 2.75) is 83.8 Å². The van der Waals surface area contributed by atoms with Crippen molar-refractivity contribution in [3.63, 3.8) is 0 Å². The lowest BCUT2D eigenvalue weighted by Gasteiger charge is -2.64. The number of anilines is 1. The zero-order valence-electron chi connectivity index (χ0n) is 20.2. The zero-order chi connectivity index (χ0) is 23.1. The molecule has 0 spiro atoms. The first kappa shape index (κ1) is 25.4. The number of aryl methyl sites for hydroxylation is 1. The number of nitrogens with one attached hydrogen (secondary N) is 3. The molecule has 0 atom stereocenters. The third-order valence-electron chi connectivity index (χ3n) is 6.67. The second-order valence-electron chi connectivity index (χ2n) is 9.74. The van der Waals surface area contributed by atoms with E-state index in [0.29, 0.717) is 12.8 Å². The maximum atomic E-state index is 12.3. The Labute approximate surface area is 196 Å². The average molecular weight is 530 g/mol. The van der Waals surface area contributed by atoms with E-state index in [-0.39, 0.29) is 17.0 Å². The van der Waals surface area contributed by atoms with E-state index in [4.69, 9.17) is 4.74 Å². The number of benzene rings is 1. The van der Waals surface area contributed by atoms with Crippen molar-refractivity contribution in [3.05, 3.63) is 26.8 Å². The van der Waals surface area contributed by atoms with E-state index in [9.17, 15) is 4.79 Å². The largest absolute Gasteiger partial charge is 0.454 e. The number of hydrogen-bond acceptors (Lipinski definition) is 6. The summed E-state index contributed by atoms with van der Waals surface area (Å²) in [5.74, 6) is -1.05. The molecule has 1 aliphatic heterocycles. The lowest BCUT2D eigenvalue weighted by Crippen LogP contribution is -2.82. The molecule has 0 saturated carbocycles. The molecule has 2 rings (SSSR count). The fraction of sp³-hybridized carbons (Fsp3) is 0.696. The van der Waals surface area contributed by atoms with Gasteiger partial charge < -0.3 is 9.64 Å². The first-order valence-corrected chi connectivity index (χ1v) is 11.6. The number of halogens is 1. The topological polar surface area (TPSA) is 65.6 Å². The molecule has 3 N–H and O–H groups in total. The lowest BCUT2D eigenvalue weighted by molar-refractivity contribution is -0.188. The van der Waals surface area contributed by atoms with Gasteiger partial charge in [-0.05, 0) is 102 Å². The van der Waals surface area contributed by atoms with Crippen molar-refractivity contribution in [1.29, 1.82) is 0 Å². The highest BCUT2D eigenvalue weighted by atomic mass is 127. The summed E-state index contributed by atoms with van der Waals surface area (Å²) < 4.78 is 7.44. The van der Waals surface area contributed by atoms with Crippen LogP contribution in [-0.2, 0) is 9.53 Å². The Morgan fingerprint density at radius 2 is 1.50 bits per heavy atom. The van der Waals surface area contributed by atoms with E-state index in [0.717, 1.165) is 0 Å². The number of hydrogen-bond donors (Lipinski definition) is 3. The number of piperidine rings is 1. The van der Waals surface area contributed by atoms with Gasteiger partial charge in [0.05, 0.1) is 5.69 Å². The highest BCUT2D eigenvalue weighted by Crippen LogP contribution is 2.52. The van der Waals surface area contributed by atoms with Gasteiger partial charge in [-0.2, -0.15) is 0 Å². The molecule has 0 aliphatic carbocycles. The minimum absolute atomic E-state index is 0.276. The molecule has 7 heteroatoms. The number of carbonyl (C=O) groups excluding carboxylic acids is 1. The highest BCUT2D eigenvalue weighted by molar-refractivity contribution is 14.1. The van der Waals surface area contributed by atoms with Gasteiger partial charge in [0.25, 0.3) is 0 Å². The van der Waals surface area contributed by atoms with Crippen LogP contribution < -0.4 is 20.9 Å². The van der Waals surface area contributed by atoms with Crippen molar-refractivity contribution >= 4 is 34.2 Å². The van der Waals surface area contributed by atoms with Crippen LogP contribution in [0, 0.1) is 17.4 Å². The van der Waals surface area contributed by atoms with Gasteiger partial charge in [-0.1, -0.05) is 6.07 Å². The maximum absolute atomic E-state index is 12.3. The standard InChI is InChI=1S/C23H39IN4O2/c1-15-11-12-18(24)19(16(15)2)28-20(4,5)13-22(30-17(3)29,14-21(28,6)7)23(25-8,26-9)27-10/h11-12,25-27H,13-14H2,1-10H3. The first-order chi connectivity index (χ1) is 13.7. The third-order valence-corrected chi connectivity index (χ3v) is 7.54. The molecule has 0 amide bonds. The number of nitrogens with zero attached hydrogens (tertiary/aromatic N) is 1. The van der Waals surface area contributed by atoms with Crippen LogP contribution in [-0.4, -0.2) is 49.6 Å². The molecule has 0 radical (unpaired) electrons. The quantitative estimate of drug-likeness (QED) is 0.297. The number of carbonyl (C=O) groups is 1. The Kier molecular flexibility index (Phi) is 7.24. The van der Waals surface area contributed by atoms with Gasteiger partial charge in [-0.15, -0.1) is 0 Å². The predicted octanol–water partition coefficient (Wildman–Crippen LogP) is 3.68. The Morgan fingerprint density at radius 1 is 1.03 bits per heavy atom. The van der Waals surface area contributed by atoms with Crippen molar-refractivity contribution in [2.75, 3.05) is 26.0 Å². The summed E-state index contributed by atoms with van der Waals surface area (Å²) in [5.41, 5.74) is 2.47. The Balaban J connectivity index is 2.75. The van der Waals surface area contributed by atoms with Crippen molar-refractivity contribution in [1.82, 2.24) is 16.0 Å². The molecule has 6 nitrogen and oxygen atoms in total. The molecule has 0 bridgehead atoms. The maximum Gasteiger partial charge on any atom is 0.303 e. The molecule has 1 aromatic carbocycles. The van der Waals surface area contributed by atoms with Crippen LogP contribution in [0.2, 0.25) is 0 Å². The average Bonchev–Trinajstić information content (AvgIpc) is 2.61. The molecule has 0 unspecified atom stereocenters. The van der Waals surface area contributed by atoms with Crippen molar-refractivity contribution in [3.8, 4) is 0 Å². The first-order valence-electron chi connectivity index (χ1n) is 10.5. The molecular formula is C23H39IN4O2. The van der Waals surface area contributed by atoms with Crippen LogP contribution in [0.15, 0.2) is 12.1 Å². The number of ether oxygens (including phenoxy) is 1. The van der Waals surface area contributed by atoms with Crippen LogP contribution in [0.3, 0.4) is 0 Å². The molecule has 1 fully saturated rings. The molecule has 170 valence electrons. The Bertz CT molecular complexity index is 776. The smallest absolute Gasteiger partial charge is 0.303 e.